The zero-order chi connectivity index (χ0) is 14.1. The fourth-order valence-electron chi connectivity index (χ4n) is 2.74. The minimum absolute atomic E-state index is 0.727. The number of rotatable bonds is 10. The van der Waals surface area contributed by atoms with Gasteiger partial charge in [0, 0.05) is 0 Å². The van der Waals surface area contributed by atoms with Crippen LogP contribution in [-0.2, 0) is 0 Å². The van der Waals surface area contributed by atoms with Gasteiger partial charge in [0.15, 0.2) is 0 Å². The monoisotopic (exact) mass is 409 g/mol. The molecule has 19 heavy (non-hydrogen) atoms. The van der Waals surface area contributed by atoms with Gasteiger partial charge in [0.2, 0.25) is 0 Å². The van der Waals surface area contributed by atoms with Crippen LogP contribution in [0.2, 0.25) is 18.5 Å². The first-order chi connectivity index (χ1) is 9.18. The van der Waals surface area contributed by atoms with Crippen molar-refractivity contribution in [1.82, 2.24) is 4.98 Å². The number of halogens is 1. The molecule has 110 valence electrons. The van der Waals surface area contributed by atoms with Crippen molar-refractivity contribution in [2.75, 3.05) is 0 Å². The molecule has 0 aromatic carbocycles. The standard InChI is InChI=1S/3C4H9.C3HClNS.Sn/c3*1-3-4-2;4-3-1-6-2-5-3;/h3*1,3-4H2,2H3;1H;. The van der Waals surface area contributed by atoms with E-state index in [1.54, 1.807) is 0 Å². The van der Waals surface area contributed by atoms with E-state index in [1.165, 1.54) is 54.9 Å². The molecule has 1 nitrogen and oxygen atoms in total. The molecule has 0 saturated carbocycles. The van der Waals surface area contributed by atoms with Gasteiger partial charge in [0.25, 0.3) is 0 Å². The van der Waals surface area contributed by atoms with E-state index in [0.29, 0.717) is 0 Å². The first kappa shape index (κ1) is 17.8. The predicted molar refractivity (Wildman–Crippen MR) is 91.7 cm³/mol. The normalized spacial score (nSPS) is 12.0. The van der Waals surface area contributed by atoms with Crippen molar-refractivity contribution in [1.29, 1.82) is 0 Å². The van der Waals surface area contributed by atoms with E-state index in [1.807, 2.05) is 16.7 Å². The average Bonchev–Trinajstić information content (AvgIpc) is 2.85. The van der Waals surface area contributed by atoms with E-state index in [2.05, 4.69) is 20.8 Å². The van der Waals surface area contributed by atoms with Gasteiger partial charge in [-0.15, -0.1) is 0 Å². The zero-order valence-electron chi connectivity index (χ0n) is 12.7. The Balaban J connectivity index is 2.93. The van der Waals surface area contributed by atoms with Crippen LogP contribution in [0, 0.1) is 0 Å². The Morgan fingerprint density at radius 1 is 1.00 bits per heavy atom. The SMILES string of the molecule is CCC[CH2][Sn]([CH2]CCC)([CH2]CCC)[c]1nc(Cl)cs1. The van der Waals surface area contributed by atoms with Gasteiger partial charge >= 0.3 is 132 Å². The molecule has 0 radical (unpaired) electrons. The van der Waals surface area contributed by atoms with Crippen LogP contribution in [0.5, 0.6) is 0 Å². The molecular weight excluding hydrogens is 380 g/mol. The topological polar surface area (TPSA) is 12.9 Å². The summed E-state index contributed by atoms with van der Waals surface area (Å²) < 4.78 is 5.94. The summed E-state index contributed by atoms with van der Waals surface area (Å²) in [6.45, 7) is 6.93. The third kappa shape index (κ3) is 5.54. The second-order valence-corrected chi connectivity index (χ2v) is 20.8. The summed E-state index contributed by atoms with van der Waals surface area (Å²) in [5.41, 5.74) is 0. The summed E-state index contributed by atoms with van der Waals surface area (Å²) in [5.74, 6) is 0. The third-order valence-corrected chi connectivity index (χ3v) is 23.0. The molecule has 0 aliphatic heterocycles. The molecule has 0 saturated heterocycles. The quantitative estimate of drug-likeness (QED) is 0.442. The summed E-state index contributed by atoms with van der Waals surface area (Å²) in [7, 11) is 0. The number of hydrogen-bond donors (Lipinski definition) is 0. The number of aromatic nitrogens is 1. The van der Waals surface area contributed by atoms with E-state index < -0.39 is 18.4 Å². The van der Waals surface area contributed by atoms with Crippen LogP contribution in [0.3, 0.4) is 0 Å². The Morgan fingerprint density at radius 2 is 1.47 bits per heavy atom. The molecule has 4 heteroatoms. The molecule has 0 unspecified atom stereocenters. The van der Waals surface area contributed by atoms with Gasteiger partial charge in [-0.25, -0.2) is 0 Å². The molecule has 0 aliphatic rings. The number of thiazole rings is 1. The molecule has 1 rings (SSSR count). The van der Waals surface area contributed by atoms with E-state index in [0.717, 1.165) is 5.15 Å². The second kappa shape index (κ2) is 9.62. The van der Waals surface area contributed by atoms with Gasteiger partial charge in [-0.3, -0.25) is 0 Å². The minimum atomic E-state index is -2.25. The van der Waals surface area contributed by atoms with Gasteiger partial charge in [0.05, 0.1) is 0 Å². The van der Waals surface area contributed by atoms with E-state index in [-0.39, 0.29) is 0 Å². The van der Waals surface area contributed by atoms with Gasteiger partial charge in [-0.2, -0.15) is 0 Å². The molecule has 0 atom stereocenters. The molecule has 0 fully saturated rings. The number of hydrogen-bond acceptors (Lipinski definition) is 2. The van der Waals surface area contributed by atoms with E-state index in [4.69, 9.17) is 16.6 Å². The molecule has 0 N–H and O–H groups in total. The van der Waals surface area contributed by atoms with Crippen LogP contribution in [0.25, 0.3) is 0 Å². The molecule has 1 aromatic rings. The zero-order valence-corrected chi connectivity index (χ0v) is 17.1. The Hall–Kier alpha value is 0.719. The Labute approximate surface area is 132 Å². The van der Waals surface area contributed by atoms with Crippen molar-refractivity contribution in [3.63, 3.8) is 0 Å². The van der Waals surface area contributed by atoms with Crippen molar-refractivity contribution in [2.45, 2.75) is 72.6 Å². The number of unbranched alkanes of at least 4 members (excludes halogenated alkanes) is 3. The second-order valence-electron chi connectivity index (χ2n) is 5.57. The summed E-state index contributed by atoms with van der Waals surface area (Å²) in [6, 6.07) is 0. The van der Waals surface area contributed by atoms with Crippen LogP contribution < -0.4 is 3.02 Å². The molecule has 0 amide bonds. The third-order valence-electron chi connectivity index (χ3n) is 3.96. The maximum atomic E-state index is 6.10. The molecular formula is C15H28ClNSSn. The molecule has 1 aromatic heterocycles. The van der Waals surface area contributed by atoms with Gasteiger partial charge in [0.1, 0.15) is 0 Å². The molecule has 0 bridgehead atoms. The van der Waals surface area contributed by atoms with Crippen LogP contribution in [0.15, 0.2) is 5.38 Å². The Kier molecular flexibility index (Phi) is 9.00. The predicted octanol–water partition coefficient (Wildman–Crippen LogP) is 5.85. The van der Waals surface area contributed by atoms with Crippen molar-refractivity contribution in [3.8, 4) is 0 Å². The Morgan fingerprint density at radius 3 is 1.79 bits per heavy atom. The first-order valence-electron chi connectivity index (χ1n) is 7.80. The average molecular weight is 409 g/mol. The van der Waals surface area contributed by atoms with Crippen molar-refractivity contribution >= 4 is 44.3 Å². The number of nitrogens with zero attached hydrogens (tertiary/aromatic N) is 1. The van der Waals surface area contributed by atoms with Crippen molar-refractivity contribution in [2.24, 2.45) is 0 Å². The summed E-state index contributed by atoms with van der Waals surface area (Å²) in [5, 5.41) is 2.78. The molecule has 1 heterocycles. The van der Waals surface area contributed by atoms with Crippen molar-refractivity contribution < 1.29 is 0 Å². The van der Waals surface area contributed by atoms with Gasteiger partial charge in [-0.1, -0.05) is 0 Å². The molecule has 0 aliphatic carbocycles. The van der Waals surface area contributed by atoms with Crippen molar-refractivity contribution in [3.05, 3.63) is 10.5 Å². The van der Waals surface area contributed by atoms with Crippen LogP contribution >= 0.6 is 22.9 Å². The van der Waals surface area contributed by atoms with E-state index >= 15 is 0 Å². The molecule has 0 spiro atoms. The van der Waals surface area contributed by atoms with Crippen LogP contribution in [-0.4, -0.2) is 23.4 Å². The fraction of sp³-hybridized carbons (Fsp3) is 0.800. The summed E-state index contributed by atoms with van der Waals surface area (Å²) >= 11 is 5.71. The fourth-order valence-corrected chi connectivity index (χ4v) is 22.4. The van der Waals surface area contributed by atoms with Gasteiger partial charge < -0.3 is 0 Å². The summed E-state index contributed by atoms with van der Waals surface area (Å²) in [6.07, 6.45) is 8.12. The van der Waals surface area contributed by atoms with Gasteiger partial charge in [-0.05, 0) is 0 Å². The maximum absolute atomic E-state index is 6.10. The first-order valence-corrected chi connectivity index (χ1v) is 16.5. The summed E-state index contributed by atoms with van der Waals surface area (Å²) in [4.78, 5) is 4.72. The van der Waals surface area contributed by atoms with Crippen LogP contribution in [0.1, 0.15) is 59.3 Å². The van der Waals surface area contributed by atoms with Crippen LogP contribution in [0.4, 0.5) is 0 Å². The van der Waals surface area contributed by atoms with E-state index in [9.17, 15) is 0 Å². The Bertz CT molecular complexity index is 332.